The fraction of sp³-hybridized carbons (Fsp3) is 0.160. The van der Waals surface area contributed by atoms with Gasteiger partial charge in [0.25, 0.3) is 5.91 Å². The van der Waals surface area contributed by atoms with E-state index in [1.165, 1.54) is 4.90 Å². The number of aryl methyl sites for hydroxylation is 1. The summed E-state index contributed by atoms with van der Waals surface area (Å²) in [5.74, 6) is -0.533. The van der Waals surface area contributed by atoms with E-state index in [2.05, 4.69) is 5.32 Å². The number of nitrogens with one attached hydrogen (secondary N) is 1. The third-order valence-electron chi connectivity index (χ3n) is 5.20. The van der Waals surface area contributed by atoms with Crippen molar-refractivity contribution in [3.05, 3.63) is 94.5 Å². The molecule has 1 unspecified atom stereocenters. The molecule has 6 heteroatoms. The van der Waals surface area contributed by atoms with Crippen molar-refractivity contribution in [2.45, 2.75) is 19.9 Å². The van der Waals surface area contributed by atoms with Crippen molar-refractivity contribution >= 4 is 40.5 Å². The lowest BCUT2D eigenvalue weighted by Crippen LogP contribution is -2.42. The first kappa shape index (κ1) is 20.8. The van der Waals surface area contributed by atoms with E-state index in [9.17, 15) is 9.59 Å². The van der Waals surface area contributed by atoms with Crippen molar-refractivity contribution in [3.8, 4) is 0 Å². The SMILES string of the molecule is Cc1ccc(NC(=O)CN2C(=O)C(C)N=C(c3ccccc3)c3ccccc32)cc1Cl. The molecule has 4 rings (SSSR count). The molecule has 0 spiro atoms. The summed E-state index contributed by atoms with van der Waals surface area (Å²) in [5.41, 5.74) is 4.66. The van der Waals surface area contributed by atoms with Crippen molar-refractivity contribution in [2.75, 3.05) is 16.8 Å². The van der Waals surface area contributed by atoms with Gasteiger partial charge in [-0.15, -0.1) is 0 Å². The highest BCUT2D eigenvalue weighted by molar-refractivity contribution is 6.31. The quantitative estimate of drug-likeness (QED) is 0.641. The Morgan fingerprint density at radius 2 is 1.77 bits per heavy atom. The molecule has 3 aromatic carbocycles. The zero-order valence-corrected chi connectivity index (χ0v) is 18.1. The monoisotopic (exact) mass is 431 g/mol. The zero-order valence-electron chi connectivity index (χ0n) is 17.3. The Bertz CT molecular complexity index is 1170. The number of carbonyl (C=O) groups is 2. The molecule has 0 aromatic heterocycles. The average molecular weight is 432 g/mol. The van der Waals surface area contributed by atoms with Gasteiger partial charge in [-0.3, -0.25) is 14.6 Å². The first-order valence-corrected chi connectivity index (χ1v) is 10.4. The third kappa shape index (κ3) is 4.37. The van der Waals surface area contributed by atoms with Gasteiger partial charge in [0, 0.05) is 21.8 Å². The lowest BCUT2D eigenvalue weighted by atomic mass is 10.0. The molecule has 1 aliphatic heterocycles. The van der Waals surface area contributed by atoms with Gasteiger partial charge in [-0.25, -0.2) is 0 Å². The number of fused-ring (bicyclic) bond motifs is 1. The molecule has 0 radical (unpaired) electrons. The van der Waals surface area contributed by atoms with Crippen LogP contribution in [-0.4, -0.2) is 30.1 Å². The highest BCUT2D eigenvalue weighted by Crippen LogP contribution is 2.28. The minimum atomic E-state index is -0.621. The van der Waals surface area contributed by atoms with E-state index in [1.807, 2.05) is 67.6 Å². The molecule has 3 aromatic rings. The Labute approximate surface area is 186 Å². The Balaban J connectivity index is 1.66. The fourth-order valence-electron chi connectivity index (χ4n) is 3.58. The van der Waals surface area contributed by atoms with Crippen LogP contribution in [0.5, 0.6) is 0 Å². The molecular weight excluding hydrogens is 410 g/mol. The predicted molar refractivity (Wildman–Crippen MR) is 125 cm³/mol. The van der Waals surface area contributed by atoms with Gasteiger partial charge in [-0.05, 0) is 37.6 Å². The second kappa shape index (κ2) is 8.74. The number of benzodiazepines with no additional fused rings is 1. The molecule has 1 aliphatic rings. The number of nitrogens with zero attached hydrogens (tertiary/aromatic N) is 2. The average Bonchev–Trinajstić information content (AvgIpc) is 2.87. The summed E-state index contributed by atoms with van der Waals surface area (Å²) in [7, 11) is 0. The Morgan fingerprint density at radius 1 is 1.06 bits per heavy atom. The number of hydrogen-bond donors (Lipinski definition) is 1. The number of aliphatic imine (C=N–C) groups is 1. The molecule has 5 nitrogen and oxygen atoms in total. The molecule has 1 atom stereocenters. The largest absolute Gasteiger partial charge is 0.324 e. The van der Waals surface area contributed by atoms with E-state index in [-0.39, 0.29) is 18.4 Å². The summed E-state index contributed by atoms with van der Waals surface area (Å²) in [6.07, 6.45) is 0. The number of rotatable bonds is 4. The number of halogens is 1. The third-order valence-corrected chi connectivity index (χ3v) is 5.61. The maximum Gasteiger partial charge on any atom is 0.252 e. The van der Waals surface area contributed by atoms with E-state index >= 15 is 0 Å². The number of carbonyl (C=O) groups excluding carboxylic acids is 2. The topological polar surface area (TPSA) is 61.8 Å². The van der Waals surface area contributed by atoms with Crippen LogP contribution in [0.15, 0.2) is 77.8 Å². The summed E-state index contributed by atoms with van der Waals surface area (Å²) < 4.78 is 0. The highest BCUT2D eigenvalue weighted by atomic mass is 35.5. The summed E-state index contributed by atoms with van der Waals surface area (Å²) in [6, 6.07) is 22.0. The van der Waals surface area contributed by atoms with Gasteiger partial charge < -0.3 is 10.2 Å². The Kier molecular flexibility index (Phi) is 5.87. The van der Waals surface area contributed by atoms with Crippen LogP contribution in [0.1, 0.15) is 23.6 Å². The fourth-order valence-corrected chi connectivity index (χ4v) is 3.76. The van der Waals surface area contributed by atoms with Crippen LogP contribution in [0.2, 0.25) is 5.02 Å². The summed E-state index contributed by atoms with van der Waals surface area (Å²) >= 11 is 6.16. The smallest absolute Gasteiger partial charge is 0.252 e. The summed E-state index contributed by atoms with van der Waals surface area (Å²) in [6.45, 7) is 3.53. The molecule has 31 heavy (non-hydrogen) atoms. The summed E-state index contributed by atoms with van der Waals surface area (Å²) in [5, 5.41) is 3.40. The van der Waals surface area contributed by atoms with Crippen molar-refractivity contribution in [1.82, 2.24) is 0 Å². The molecule has 1 N–H and O–H groups in total. The van der Waals surface area contributed by atoms with E-state index < -0.39 is 6.04 Å². The van der Waals surface area contributed by atoms with Gasteiger partial charge in [0.15, 0.2) is 0 Å². The standard InChI is InChI=1S/C25H22ClN3O2/c1-16-12-13-19(14-21(16)26)28-23(30)15-29-22-11-7-6-10-20(22)24(27-17(2)25(29)31)18-8-4-3-5-9-18/h3-14,17H,15H2,1-2H3,(H,28,30). The van der Waals surface area contributed by atoms with Gasteiger partial charge in [0.2, 0.25) is 5.91 Å². The van der Waals surface area contributed by atoms with E-state index in [0.717, 1.165) is 22.4 Å². The molecule has 0 saturated heterocycles. The van der Waals surface area contributed by atoms with Crippen LogP contribution < -0.4 is 10.2 Å². The molecule has 2 amide bonds. The van der Waals surface area contributed by atoms with Crippen molar-refractivity contribution < 1.29 is 9.59 Å². The number of benzene rings is 3. The molecule has 0 saturated carbocycles. The van der Waals surface area contributed by atoms with E-state index in [4.69, 9.17) is 16.6 Å². The Morgan fingerprint density at radius 3 is 2.52 bits per heavy atom. The molecule has 0 aliphatic carbocycles. The lowest BCUT2D eigenvalue weighted by Gasteiger charge is -2.24. The first-order valence-electron chi connectivity index (χ1n) is 10.0. The van der Waals surface area contributed by atoms with Gasteiger partial charge in [0.1, 0.15) is 12.6 Å². The van der Waals surface area contributed by atoms with Crippen molar-refractivity contribution in [3.63, 3.8) is 0 Å². The van der Waals surface area contributed by atoms with Crippen LogP contribution >= 0.6 is 11.6 Å². The minimum Gasteiger partial charge on any atom is -0.324 e. The van der Waals surface area contributed by atoms with Crippen LogP contribution in [0.4, 0.5) is 11.4 Å². The van der Waals surface area contributed by atoms with Gasteiger partial charge in [-0.2, -0.15) is 0 Å². The molecule has 1 heterocycles. The normalized spacial score (nSPS) is 15.7. The van der Waals surface area contributed by atoms with Crippen LogP contribution in [0.3, 0.4) is 0 Å². The maximum atomic E-state index is 13.2. The van der Waals surface area contributed by atoms with Gasteiger partial charge >= 0.3 is 0 Å². The van der Waals surface area contributed by atoms with Gasteiger partial charge in [0.05, 0.1) is 11.4 Å². The van der Waals surface area contributed by atoms with Crippen LogP contribution in [0.25, 0.3) is 0 Å². The van der Waals surface area contributed by atoms with Crippen molar-refractivity contribution in [1.29, 1.82) is 0 Å². The second-order valence-corrected chi connectivity index (χ2v) is 7.88. The zero-order chi connectivity index (χ0) is 22.0. The number of amides is 2. The van der Waals surface area contributed by atoms with Crippen molar-refractivity contribution in [2.24, 2.45) is 4.99 Å². The summed E-state index contributed by atoms with van der Waals surface area (Å²) in [4.78, 5) is 32.2. The van der Waals surface area contributed by atoms with E-state index in [0.29, 0.717) is 16.4 Å². The molecule has 0 bridgehead atoms. The molecular formula is C25H22ClN3O2. The van der Waals surface area contributed by atoms with E-state index in [1.54, 1.807) is 19.1 Å². The van der Waals surface area contributed by atoms with Crippen LogP contribution in [0, 0.1) is 6.92 Å². The second-order valence-electron chi connectivity index (χ2n) is 7.47. The molecule has 156 valence electrons. The highest BCUT2D eigenvalue weighted by Gasteiger charge is 2.30. The molecule has 0 fully saturated rings. The predicted octanol–water partition coefficient (Wildman–Crippen LogP) is 4.86. The van der Waals surface area contributed by atoms with Gasteiger partial charge in [-0.1, -0.05) is 66.2 Å². The number of hydrogen-bond acceptors (Lipinski definition) is 3. The number of anilines is 2. The first-order chi connectivity index (χ1) is 14.9. The Hall–Kier alpha value is -3.44. The number of para-hydroxylation sites is 1. The lowest BCUT2D eigenvalue weighted by molar-refractivity contribution is -0.122. The van der Waals surface area contributed by atoms with Crippen LogP contribution in [-0.2, 0) is 9.59 Å². The maximum absolute atomic E-state index is 13.2. The minimum absolute atomic E-state index is 0.122.